The Hall–Kier alpha value is -1.88. The van der Waals surface area contributed by atoms with Crippen LogP contribution in [0.25, 0.3) is 11.1 Å². The van der Waals surface area contributed by atoms with Gasteiger partial charge >= 0.3 is 5.97 Å². The van der Waals surface area contributed by atoms with Gasteiger partial charge in [0.25, 0.3) is 0 Å². The van der Waals surface area contributed by atoms with Crippen molar-refractivity contribution < 1.29 is 13.9 Å². The summed E-state index contributed by atoms with van der Waals surface area (Å²) in [5.41, 5.74) is 7.06. The van der Waals surface area contributed by atoms with Crippen LogP contribution in [0.1, 0.15) is 16.6 Å². The number of nitrogens with two attached hydrogens (primary N) is 1. The van der Waals surface area contributed by atoms with Crippen LogP contribution >= 0.6 is 11.3 Å². The summed E-state index contributed by atoms with van der Waals surface area (Å²) in [7, 11) is 0. The van der Waals surface area contributed by atoms with Gasteiger partial charge in [-0.3, -0.25) is 0 Å². The number of nitrogen functional groups attached to an aromatic ring is 1. The minimum atomic E-state index is -0.470. The zero-order valence-corrected chi connectivity index (χ0v) is 10.6. The average molecular weight is 265 g/mol. The second kappa shape index (κ2) is 5.18. The molecule has 0 unspecified atom stereocenters. The monoisotopic (exact) mass is 265 g/mol. The van der Waals surface area contributed by atoms with Gasteiger partial charge < -0.3 is 10.5 Å². The van der Waals surface area contributed by atoms with E-state index in [2.05, 4.69) is 0 Å². The maximum absolute atomic E-state index is 13.6. The van der Waals surface area contributed by atoms with Crippen LogP contribution in [0, 0.1) is 5.82 Å². The predicted molar refractivity (Wildman–Crippen MR) is 70.1 cm³/mol. The minimum absolute atomic E-state index is 0.267. The molecule has 0 atom stereocenters. The van der Waals surface area contributed by atoms with Crippen molar-refractivity contribution in [1.29, 1.82) is 0 Å². The fourth-order valence-corrected chi connectivity index (χ4v) is 2.49. The number of benzene rings is 1. The molecular formula is C13H12FNO2S. The largest absolute Gasteiger partial charge is 0.462 e. The van der Waals surface area contributed by atoms with Crippen molar-refractivity contribution in [3.63, 3.8) is 0 Å². The van der Waals surface area contributed by atoms with Crippen LogP contribution in [0.3, 0.4) is 0 Å². The maximum Gasteiger partial charge on any atom is 0.350 e. The van der Waals surface area contributed by atoms with Gasteiger partial charge in [-0.15, -0.1) is 11.3 Å². The lowest BCUT2D eigenvalue weighted by Crippen LogP contribution is -2.05. The molecule has 0 aliphatic rings. The fraction of sp³-hybridized carbons (Fsp3) is 0.154. The number of carbonyl (C=O) groups is 1. The molecule has 0 amide bonds. The van der Waals surface area contributed by atoms with Crippen LogP contribution in [-0.4, -0.2) is 12.6 Å². The molecule has 2 aromatic rings. The third-order valence-corrected chi connectivity index (χ3v) is 3.43. The summed E-state index contributed by atoms with van der Waals surface area (Å²) >= 11 is 1.16. The highest BCUT2D eigenvalue weighted by molar-refractivity contribution is 7.13. The molecule has 0 aliphatic heterocycles. The molecule has 0 bridgehead atoms. The first-order valence-corrected chi connectivity index (χ1v) is 6.32. The van der Waals surface area contributed by atoms with E-state index in [1.807, 2.05) is 0 Å². The van der Waals surface area contributed by atoms with E-state index in [9.17, 15) is 9.18 Å². The highest BCUT2D eigenvalue weighted by Crippen LogP contribution is 2.35. The molecule has 94 valence electrons. The molecule has 0 spiro atoms. The summed E-state index contributed by atoms with van der Waals surface area (Å²) < 4.78 is 18.5. The van der Waals surface area contributed by atoms with Gasteiger partial charge in [-0.05, 0) is 13.0 Å². The number of hydrogen-bond donors (Lipinski definition) is 1. The molecule has 0 aliphatic carbocycles. The smallest absolute Gasteiger partial charge is 0.350 e. The first-order chi connectivity index (χ1) is 8.65. The fourth-order valence-electron chi connectivity index (χ4n) is 1.61. The molecule has 0 fully saturated rings. The van der Waals surface area contributed by atoms with Crippen molar-refractivity contribution in [2.75, 3.05) is 12.3 Å². The van der Waals surface area contributed by atoms with E-state index in [0.717, 1.165) is 11.3 Å². The molecular weight excluding hydrogens is 253 g/mol. The third kappa shape index (κ3) is 2.22. The van der Waals surface area contributed by atoms with E-state index in [-0.39, 0.29) is 18.1 Å². The molecule has 1 aromatic carbocycles. The summed E-state index contributed by atoms with van der Waals surface area (Å²) in [5, 5.41) is 1.67. The Morgan fingerprint density at radius 3 is 2.78 bits per heavy atom. The molecule has 0 saturated heterocycles. The maximum atomic E-state index is 13.6. The number of thiophene rings is 1. The van der Waals surface area contributed by atoms with Gasteiger partial charge in [0.1, 0.15) is 10.7 Å². The summed E-state index contributed by atoms with van der Waals surface area (Å²) in [5.74, 6) is -0.833. The molecule has 1 aromatic heterocycles. The van der Waals surface area contributed by atoms with Gasteiger partial charge in [0.15, 0.2) is 0 Å². The number of esters is 1. The topological polar surface area (TPSA) is 52.3 Å². The zero-order valence-electron chi connectivity index (χ0n) is 9.77. The van der Waals surface area contributed by atoms with Crippen LogP contribution in [-0.2, 0) is 4.74 Å². The molecule has 3 nitrogen and oxygen atoms in total. The molecule has 2 rings (SSSR count). The lowest BCUT2D eigenvalue weighted by molar-refractivity contribution is 0.0533. The molecule has 1 heterocycles. The number of anilines is 1. The van der Waals surface area contributed by atoms with Crippen LogP contribution in [0.2, 0.25) is 0 Å². The van der Waals surface area contributed by atoms with Crippen molar-refractivity contribution >= 4 is 23.0 Å². The number of halogens is 1. The summed E-state index contributed by atoms with van der Waals surface area (Å²) in [6.07, 6.45) is 0. The predicted octanol–water partition coefficient (Wildman–Crippen LogP) is 3.31. The lowest BCUT2D eigenvalue weighted by Gasteiger charge is -2.03. The third-order valence-electron chi connectivity index (χ3n) is 2.45. The Kier molecular flexibility index (Phi) is 3.62. The minimum Gasteiger partial charge on any atom is -0.462 e. The highest BCUT2D eigenvalue weighted by Gasteiger charge is 2.19. The number of rotatable bonds is 3. The Morgan fingerprint density at radius 1 is 1.39 bits per heavy atom. The van der Waals surface area contributed by atoms with Crippen LogP contribution in [0.5, 0.6) is 0 Å². The highest BCUT2D eigenvalue weighted by atomic mass is 32.1. The summed E-state index contributed by atoms with van der Waals surface area (Å²) in [6, 6.07) is 6.31. The molecule has 5 heteroatoms. The van der Waals surface area contributed by atoms with E-state index in [4.69, 9.17) is 10.5 Å². The van der Waals surface area contributed by atoms with E-state index >= 15 is 0 Å². The molecule has 0 saturated carbocycles. The Morgan fingerprint density at radius 2 is 2.11 bits per heavy atom. The number of ether oxygens (including phenoxy) is 1. The zero-order chi connectivity index (χ0) is 13.1. The van der Waals surface area contributed by atoms with Crippen molar-refractivity contribution in [1.82, 2.24) is 0 Å². The second-order valence-electron chi connectivity index (χ2n) is 3.59. The van der Waals surface area contributed by atoms with Crippen molar-refractivity contribution in [3.8, 4) is 11.1 Å². The van der Waals surface area contributed by atoms with Gasteiger partial charge in [0, 0.05) is 16.5 Å². The van der Waals surface area contributed by atoms with Crippen LogP contribution in [0.4, 0.5) is 10.1 Å². The standard InChI is InChI=1S/C13H12FNO2S/c1-2-17-13(16)12-11(15)9(7-18-12)8-5-3-4-6-10(8)14/h3-7H,2,15H2,1H3. The van der Waals surface area contributed by atoms with Gasteiger partial charge in [0.05, 0.1) is 12.3 Å². The second-order valence-corrected chi connectivity index (χ2v) is 4.47. The van der Waals surface area contributed by atoms with Crippen LogP contribution in [0.15, 0.2) is 29.6 Å². The molecule has 2 N–H and O–H groups in total. The quantitative estimate of drug-likeness (QED) is 0.866. The van der Waals surface area contributed by atoms with Crippen molar-refractivity contribution in [2.24, 2.45) is 0 Å². The summed E-state index contributed by atoms with van der Waals surface area (Å²) in [4.78, 5) is 11.9. The van der Waals surface area contributed by atoms with Gasteiger partial charge in [-0.2, -0.15) is 0 Å². The van der Waals surface area contributed by atoms with Gasteiger partial charge in [0.2, 0.25) is 0 Å². The van der Waals surface area contributed by atoms with Crippen molar-refractivity contribution in [2.45, 2.75) is 6.92 Å². The van der Waals surface area contributed by atoms with E-state index < -0.39 is 5.97 Å². The van der Waals surface area contributed by atoms with Crippen LogP contribution < -0.4 is 5.73 Å². The van der Waals surface area contributed by atoms with E-state index in [1.54, 1.807) is 30.5 Å². The van der Waals surface area contributed by atoms with Crippen molar-refractivity contribution in [3.05, 3.63) is 40.3 Å². The van der Waals surface area contributed by atoms with Gasteiger partial charge in [-0.25, -0.2) is 9.18 Å². The molecule has 0 radical (unpaired) electrons. The van der Waals surface area contributed by atoms with E-state index in [0.29, 0.717) is 16.0 Å². The molecule has 18 heavy (non-hydrogen) atoms. The van der Waals surface area contributed by atoms with E-state index in [1.165, 1.54) is 6.07 Å². The Labute approximate surface area is 108 Å². The first-order valence-electron chi connectivity index (χ1n) is 5.44. The van der Waals surface area contributed by atoms with Gasteiger partial charge in [-0.1, -0.05) is 18.2 Å². The first kappa shape index (κ1) is 12.6. The summed E-state index contributed by atoms with van der Waals surface area (Å²) in [6.45, 7) is 2.00. The SMILES string of the molecule is CCOC(=O)c1scc(-c2ccccc2F)c1N. The Bertz CT molecular complexity index is 580. The normalized spacial score (nSPS) is 10.3. The lowest BCUT2D eigenvalue weighted by atomic mass is 10.1. The number of hydrogen-bond acceptors (Lipinski definition) is 4. The average Bonchev–Trinajstić information content (AvgIpc) is 2.72. The Balaban J connectivity index is 2.43. The number of carbonyl (C=O) groups excluding carboxylic acids is 1.